The molecule has 1 amide bonds. The fraction of sp³-hybridized carbons (Fsp3) is 0.263. The van der Waals surface area contributed by atoms with Gasteiger partial charge in [0.15, 0.2) is 0 Å². The summed E-state index contributed by atoms with van der Waals surface area (Å²) in [4.78, 5) is 20.2. The van der Waals surface area contributed by atoms with E-state index in [-0.39, 0.29) is 35.1 Å². The van der Waals surface area contributed by atoms with Crippen LogP contribution >= 0.6 is 11.6 Å². The van der Waals surface area contributed by atoms with Crippen molar-refractivity contribution < 1.29 is 17.9 Å². The van der Waals surface area contributed by atoms with Crippen LogP contribution in [-0.2, 0) is 21.3 Å². The molecular weight excluding hydrogens is 416 g/mol. The molecule has 0 atom stereocenters. The molecule has 152 valence electrons. The molecule has 1 aliphatic heterocycles. The molecule has 0 aliphatic carbocycles. The van der Waals surface area contributed by atoms with Gasteiger partial charge in [0.05, 0.1) is 46.3 Å². The fourth-order valence-corrected chi connectivity index (χ4v) is 4.76. The predicted octanol–water partition coefficient (Wildman–Crippen LogP) is 2.17. The van der Waals surface area contributed by atoms with Gasteiger partial charge in [0.2, 0.25) is 10.0 Å². The van der Waals surface area contributed by atoms with Crippen LogP contribution in [-0.4, -0.2) is 54.9 Å². The Kier molecular flexibility index (Phi) is 5.55. The van der Waals surface area contributed by atoms with E-state index in [1.54, 1.807) is 0 Å². The molecule has 0 bridgehead atoms. The number of benzene rings is 2. The first-order valence-electron chi connectivity index (χ1n) is 9.04. The standard InChI is InChI=1S/C19H19ClN4O4S/c20-15-6-5-13(29(26,27)24-7-9-28-10-8-24)11-14(15)19(25)21-12-18-22-16-3-1-2-4-17(16)23-18/h1-6,11H,7-10,12H2,(H,21,25)(H,22,23). The van der Waals surface area contributed by atoms with Gasteiger partial charge in [0.25, 0.3) is 5.91 Å². The summed E-state index contributed by atoms with van der Waals surface area (Å²) in [5, 5.41) is 2.90. The van der Waals surface area contributed by atoms with Crippen molar-refractivity contribution in [2.24, 2.45) is 0 Å². The van der Waals surface area contributed by atoms with Gasteiger partial charge in [-0.15, -0.1) is 0 Å². The molecule has 1 aromatic heterocycles. The molecule has 1 fully saturated rings. The van der Waals surface area contributed by atoms with E-state index in [2.05, 4.69) is 15.3 Å². The van der Waals surface area contributed by atoms with E-state index in [1.165, 1.54) is 22.5 Å². The molecule has 8 nitrogen and oxygen atoms in total. The second-order valence-electron chi connectivity index (χ2n) is 6.54. The van der Waals surface area contributed by atoms with Crippen molar-refractivity contribution >= 4 is 38.6 Å². The Bertz CT molecular complexity index is 1120. The Morgan fingerprint density at radius 2 is 1.97 bits per heavy atom. The van der Waals surface area contributed by atoms with Crippen molar-refractivity contribution in [1.29, 1.82) is 0 Å². The first kappa shape index (κ1) is 19.8. The number of fused-ring (bicyclic) bond motifs is 1. The highest BCUT2D eigenvalue weighted by atomic mass is 35.5. The van der Waals surface area contributed by atoms with Crippen LogP contribution in [0.4, 0.5) is 0 Å². The van der Waals surface area contributed by atoms with E-state index >= 15 is 0 Å². The van der Waals surface area contributed by atoms with Gasteiger partial charge >= 0.3 is 0 Å². The third kappa shape index (κ3) is 4.13. The number of nitrogens with zero attached hydrogens (tertiary/aromatic N) is 2. The van der Waals surface area contributed by atoms with Crippen LogP contribution in [0, 0.1) is 0 Å². The largest absolute Gasteiger partial charge is 0.379 e. The van der Waals surface area contributed by atoms with Crippen LogP contribution in [0.15, 0.2) is 47.4 Å². The number of morpholine rings is 1. The number of para-hydroxylation sites is 2. The zero-order valence-electron chi connectivity index (χ0n) is 15.4. The normalized spacial score (nSPS) is 15.5. The van der Waals surface area contributed by atoms with Crippen molar-refractivity contribution in [2.45, 2.75) is 11.4 Å². The molecule has 1 saturated heterocycles. The van der Waals surface area contributed by atoms with Crippen LogP contribution in [0.5, 0.6) is 0 Å². The first-order chi connectivity index (χ1) is 13.9. The lowest BCUT2D eigenvalue weighted by atomic mass is 10.2. The van der Waals surface area contributed by atoms with E-state index in [4.69, 9.17) is 16.3 Å². The number of carbonyl (C=O) groups is 1. The minimum Gasteiger partial charge on any atom is -0.379 e. The zero-order chi connectivity index (χ0) is 20.4. The number of halogens is 1. The second kappa shape index (κ2) is 8.11. The van der Waals surface area contributed by atoms with Crippen LogP contribution < -0.4 is 5.32 Å². The number of sulfonamides is 1. The van der Waals surface area contributed by atoms with Crippen LogP contribution in [0.1, 0.15) is 16.2 Å². The number of hydrogen-bond acceptors (Lipinski definition) is 5. The third-order valence-electron chi connectivity index (χ3n) is 4.65. The first-order valence-corrected chi connectivity index (χ1v) is 10.9. The minimum atomic E-state index is -3.72. The molecule has 4 rings (SSSR count). The molecular formula is C19H19ClN4O4S. The molecule has 2 aromatic carbocycles. The topological polar surface area (TPSA) is 104 Å². The summed E-state index contributed by atoms with van der Waals surface area (Å²) in [6, 6.07) is 11.7. The molecule has 0 spiro atoms. The van der Waals surface area contributed by atoms with E-state index < -0.39 is 15.9 Å². The van der Waals surface area contributed by atoms with Gasteiger partial charge < -0.3 is 15.0 Å². The van der Waals surface area contributed by atoms with Gasteiger partial charge in [0, 0.05) is 13.1 Å². The molecule has 0 unspecified atom stereocenters. The number of amides is 1. The molecule has 1 aliphatic rings. The maximum absolute atomic E-state index is 12.8. The summed E-state index contributed by atoms with van der Waals surface area (Å²) in [5.41, 5.74) is 1.76. The molecule has 0 saturated carbocycles. The predicted molar refractivity (Wildman–Crippen MR) is 108 cm³/mol. The van der Waals surface area contributed by atoms with Crippen molar-refractivity contribution in [3.8, 4) is 0 Å². The monoisotopic (exact) mass is 434 g/mol. The Morgan fingerprint density at radius 3 is 2.72 bits per heavy atom. The Hall–Kier alpha value is -2.46. The number of H-pyrrole nitrogens is 1. The number of aromatic amines is 1. The second-order valence-corrected chi connectivity index (χ2v) is 8.89. The lowest BCUT2D eigenvalue weighted by Gasteiger charge is -2.26. The number of aromatic nitrogens is 2. The van der Waals surface area contributed by atoms with Gasteiger partial charge in [-0.2, -0.15) is 4.31 Å². The Balaban J connectivity index is 1.52. The SMILES string of the molecule is O=C(NCc1nc2ccccc2[nH]1)c1cc(S(=O)(=O)N2CCOCC2)ccc1Cl. The average Bonchev–Trinajstić information content (AvgIpc) is 3.16. The number of nitrogens with one attached hydrogen (secondary N) is 2. The summed E-state index contributed by atoms with van der Waals surface area (Å²) in [6.07, 6.45) is 0. The summed E-state index contributed by atoms with van der Waals surface area (Å²) in [7, 11) is -3.72. The van der Waals surface area contributed by atoms with Crippen LogP contribution in [0.3, 0.4) is 0 Å². The molecule has 2 N–H and O–H groups in total. The van der Waals surface area contributed by atoms with Crippen molar-refractivity contribution in [1.82, 2.24) is 19.6 Å². The summed E-state index contributed by atoms with van der Waals surface area (Å²) in [6.45, 7) is 1.40. The molecule has 0 radical (unpaired) electrons. The number of ether oxygens (including phenoxy) is 1. The third-order valence-corrected chi connectivity index (χ3v) is 6.87. The summed E-state index contributed by atoms with van der Waals surface area (Å²) >= 11 is 6.16. The van der Waals surface area contributed by atoms with Crippen molar-refractivity contribution in [3.05, 3.63) is 58.9 Å². The lowest BCUT2D eigenvalue weighted by Crippen LogP contribution is -2.40. The van der Waals surface area contributed by atoms with Gasteiger partial charge in [-0.1, -0.05) is 23.7 Å². The summed E-state index contributed by atoms with van der Waals surface area (Å²) in [5.74, 6) is 0.113. The van der Waals surface area contributed by atoms with Gasteiger partial charge in [0.1, 0.15) is 5.82 Å². The summed E-state index contributed by atoms with van der Waals surface area (Å²) < 4.78 is 32.2. The Labute approximate surface area is 172 Å². The van der Waals surface area contributed by atoms with Crippen LogP contribution in [0.25, 0.3) is 11.0 Å². The highest BCUT2D eigenvalue weighted by Gasteiger charge is 2.27. The van der Waals surface area contributed by atoms with E-state index in [0.717, 1.165) is 11.0 Å². The maximum Gasteiger partial charge on any atom is 0.253 e. The molecule has 3 aromatic rings. The average molecular weight is 435 g/mol. The zero-order valence-corrected chi connectivity index (χ0v) is 17.0. The molecule has 10 heteroatoms. The molecule has 2 heterocycles. The number of imidazole rings is 1. The van der Waals surface area contributed by atoms with Gasteiger partial charge in [-0.05, 0) is 30.3 Å². The lowest BCUT2D eigenvalue weighted by molar-refractivity contribution is 0.0730. The van der Waals surface area contributed by atoms with Gasteiger partial charge in [-0.3, -0.25) is 4.79 Å². The van der Waals surface area contributed by atoms with Gasteiger partial charge in [-0.25, -0.2) is 13.4 Å². The molecule has 29 heavy (non-hydrogen) atoms. The maximum atomic E-state index is 12.8. The van der Waals surface area contributed by atoms with Crippen molar-refractivity contribution in [3.63, 3.8) is 0 Å². The minimum absolute atomic E-state index is 0.0256. The number of hydrogen-bond donors (Lipinski definition) is 2. The quantitative estimate of drug-likeness (QED) is 0.640. The highest BCUT2D eigenvalue weighted by Crippen LogP contribution is 2.24. The van der Waals surface area contributed by atoms with E-state index in [0.29, 0.717) is 19.0 Å². The Morgan fingerprint density at radius 1 is 1.21 bits per heavy atom. The number of rotatable bonds is 5. The highest BCUT2D eigenvalue weighted by molar-refractivity contribution is 7.89. The van der Waals surface area contributed by atoms with Crippen molar-refractivity contribution in [2.75, 3.05) is 26.3 Å². The number of carbonyl (C=O) groups excluding carboxylic acids is 1. The van der Waals surface area contributed by atoms with E-state index in [9.17, 15) is 13.2 Å². The fourth-order valence-electron chi connectivity index (χ4n) is 3.12. The smallest absolute Gasteiger partial charge is 0.253 e. The van der Waals surface area contributed by atoms with Crippen LogP contribution in [0.2, 0.25) is 5.02 Å². The van der Waals surface area contributed by atoms with E-state index in [1.807, 2.05) is 24.3 Å².